The van der Waals surface area contributed by atoms with Crippen LogP contribution in [0.4, 0.5) is 10.2 Å². The molecule has 0 atom stereocenters. The van der Waals surface area contributed by atoms with Crippen LogP contribution in [0.25, 0.3) is 0 Å². The first-order valence-electron chi connectivity index (χ1n) is 7.69. The van der Waals surface area contributed by atoms with Gasteiger partial charge in [0.1, 0.15) is 11.6 Å². The average Bonchev–Trinajstić information content (AvgIpc) is 2.54. The predicted octanol–water partition coefficient (Wildman–Crippen LogP) is 2.51. The maximum absolute atomic E-state index is 13.5. The van der Waals surface area contributed by atoms with Crippen LogP contribution in [0.3, 0.4) is 0 Å². The molecule has 3 rings (SSSR count). The van der Waals surface area contributed by atoms with Gasteiger partial charge < -0.3 is 10.6 Å². The summed E-state index contributed by atoms with van der Waals surface area (Å²) in [6.07, 6.45) is 3.18. The highest BCUT2D eigenvalue weighted by molar-refractivity contribution is 5.91. The van der Waals surface area contributed by atoms with E-state index in [-0.39, 0.29) is 22.8 Å². The van der Waals surface area contributed by atoms with Gasteiger partial charge in [0.15, 0.2) is 5.69 Å². The molecule has 2 aromatic rings. The van der Waals surface area contributed by atoms with E-state index in [0.29, 0.717) is 12.4 Å². The summed E-state index contributed by atoms with van der Waals surface area (Å²) >= 11 is 0. The maximum atomic E-state index is 13.5. The number of carbonyl (C=O) groups excluding carboxylic acids is 1. The lowest BCUT2D eigenvalue weighted by molar-refractivity contribution is 0.0957. The van der Waals surface area contributed by atoms with Gasteiger partial charge in [-0.15, -0.1) is 10.2 Å². The second-order valence-corrected chi connectivity index (χ2v) is 5.88. The Bertz CT molecular complexity index is 698. The van der Waals surface area contributed by atoms with Crippen LogP contribution in [-0.4, -0.2) is 29.7 Å². The maximum Gasteiger partial charge on any atom is 0.271 e. The third-order valence-electron chi connectivity index (χ3n) is 4.48. The van der Waals surface area contributed by atoms with Gasteiger partial charge in [0.2, 0.25) is 0 Å². The van der Waals surface area contributed by atoms with Crippen molar-refractivity contribution >= 4 is 11.7 Å². The number of hydrogen-bond donors (Lipinski definition) is 2. The molecule has 1 aromatic heterocycles. The van der Waals surface area contributed by atoms with Crippen LogP contribution in [0.2, 0.25) is 0 Å². The van der Waals surface area contributed by atoms with Gasteiger partial charge in [-0.05, 0) is 42.7 Å². The second kappa shape index (κ2) is 6.32. The largest absolute Gasteiger partial charge is 0.368 e. The van der Waals surface area contributed by atoms with Crippen LogP contribution in [0, 0.1) is 5.82 Å². The van der Waals surface area contributed by atoms with Crippen molar-refractivity contribution in [3.05, 3.63) is 53.5 Å². The summed E-state index contributed by atoms with van der Waals surface area (Å²) in [7, 11) is 1.55. The molecule has 0 bridgehead atoms. The van der Waals surface area contributed by atoms with E-state index in [1.54, 1.807) is 31.3 Å². The minimum Gasteiger partial charge on any atom is -0.368 e. The summed E-state index contributed by atoms with van der Waals surface area (Å²) in [6.45, 7) is 0.671. The van der Waals surface area contributed by atoms with E-state index in [0.717, 1.165) is 24.8 Å². The number of nitrogens with zero attached hydrogens (tertiary/aromatic N) is 2. The van der Waals surface area contributed by atoms with E-state index in [9.17, 15) is 9.18 Å². The molecule has 120 valence electrons. The van der Waals surface area contributed by atoms with Crippen molar-refractivity contribution in [1.82, 2.24) is 15.5 Å². The number of amides is 1. The van der Waals surface area contributed by atoms with Crippen LogP contribution in [-0.2, 0) is 5.41 Å². The van der Waals surface area contributed by atoms with Crippen molar-refractivity contribution < 1.29 is 9.18 Å². The van der Waals surface area contributed by atoms with Crippen molar-refractivity contribution in [1.29, 1.82) is 0 Å². The topological polar surface area (TPSA) is 66.9 Å². The van der Waals surface area contributed by atoms with E-state index in [4.69, 9.17) is 0 Å². The van der Waals surface area contributed by atoms with Gasteiger partial charge in [-0.2, -0.15) is 0 Å². The highest BCUT2D eigenvalue weighted by Gasteiger charge is 2.38. The zero-order valence-electron chi connectivity index (χ0n) is 13.0. The van der Waals surface area contributed by atoms with Crippen LogP contribution in [0.1, 0.15) is 35.3 Å². The van der Waals surface area contributed by atoms with Gasteiger partial charge >= 0.3 is 0 Å². The molecule has 1 saturated carbocycles. The minimum absolute atomic E-state index is 0.0523. The third kappa shape index (κ3) is 3.16. The summed E-state index contributed by atoms with van der Waals surface area (Å²) in [5.41, 5.74) is 1.25. The highest BCUT2D eigenvalue weighted by atomic mass is 19.1. The summed E-state index contributed by atoms with van der Waals surface area (Å²) in [5.74, 6) is 0.142. The molecule has 2 N–H and O–H groups in total. The fourth-order valence-corrected chi connectivity index (χ4v) is 2.92. The molecule has 0 radical (unpaired) electrons. The van der Waals surface area contributed by atoms with E-state index in [2.05, 4.69) is 20.8 Å². The first-order chi connectivity index (χ1) is 11.1. The lowest BCUT2D eigenvalue weighted by Gasteiger charge is -2.42. The van der Waals surface area contributed by atoms with Gasteiger partial charge in [0, 0.05) is 19.0 Å². The van der Waals surface area contributed by atoms with Crippen LogP contribution < -0.4 is 10.6 Å². The van der Waals surface area contributed by atoms with E-state index in [1.165, 1.54) is 6.07 Å². The molecule has 1 aromatic carbocycles. The molecule has 1 heterocycles. The van der Waals surface area contributed by atoms with Gasteiger partial charge in [-0.1, -0.05) is 18.6 Å². The molecule has 1 aliphatic carbocycles. The fraction of sp³-hybridized carbons (Fsp3) is 0.353. The van der Waals surface area contributed by atoms with Crippen LogP contribution in [0.15, 0.2) is 36.4 Å². The van der Waals surface area contributed by atoms with Crippen molar-refractivity contribution in [2.75, 3.05) is 18.9 Å². The highest BCUT2D eigenvalue weighted by Crippen LogP contribution is 2.43. The number of hydrogen-bond acceptors (Lipinski definition) is 4. The van der Waals surface area contributed by atoms with Crippen molar-refractivity contribution in [2.45, 2.75) is 24.7 Å². The summed E-state index contributed by atoms with van der Waals surface area (Å²) in [6, 6.07) is 10.2. The van der Waals surface area contributed by atoms with E-state index in [1.807, 2.05) is 6.07 Å². The molecule has 1 amide bonds. The van der Waals surface area contributed by atoms with Crippen molar-refractivity contribution in [3.8, 4) is 0 Å². The Hall–Kier alpha value is -2.50. The lowest BCUT2D eigenvalue weighted by atomic mass is 9.64. The van der Waals surface area contributed by atoms with E-state index >= 15 is 0 Å². The number of carbonyl (C=O) groups is 1. The molecule has 0 spiro atoms. The number of rotatable bonds is 5. The Labute approximate surface area is 134 Å². The number of benzene rings is 1. The van der Waals surface area contributed by atoms with Gasteiger partial charge in [-0.3, -0.25) is 4.79 Å². The molecule has 0 saturated heterocycles. The van der Waals surface area contributed by atoms with Crippen LogP contribution >= 0.6 is 0 Å². The Morgan fingerprint density at radius 3 is 2.65 bits per heavy atom. The Morgan fingerprint density at radius 1 is 1.26 bits per heavy atom. The molecular weight excluding hydrogens is 295 g/mol. The molecule has 1 fully saturated rings. The molecule has 0 unspecified atom stereocenters. The monoisotopic (exact) mass is 314 g/mol. The quantitative estimate of drug-likeness (QED) is 0.890. The zero-order valence-corrected chi connectivity index (χ0v) is 13.0. The molecular formula is C17H19FN4O. The Kier molecular flexibility index (Phi) is 4.23. The summed E-state index contributed by atoms with van der Waals surface area (Å²) in [5, 5.41) is 13.7. The molecule has 23 heavy (non-hydrogen) atoms. The molecule has 0 aliphatic heterocycles. The van der Waals surface area contributed by atoms with Crippen molar-refractivity contribution in [3.63, 3.8) is 0 Å². The SMILES string of the molecule is CNC(=O)c1ccc(NCC2(c3cccc(F)c3)CCC2)nn1. The number of aromatic nitrogens is 2. The standard InChI is InChI=1S/C17H19FN4O/c1-19-16(23)14-6-7-15(22-21-14)20-11-17(8-3-9-17)12-4-2-5-13(18)10-12/h2,4-7,10H,3,8-9,11H2,1H3,(H,19,23)(H,20,22). The lowest BCUT2D eigenvalue weighted by Crippen LogP contribution is -2.41. The molecule has 1 aliphatic rings. The van der Waals surface area contributed by atoms with E-state index < -0.39 is 0 Å². The van der Waals surface area contributed by atoms with Gasteiger partial charge in [-0.25, -0.2) is 4.39 Å². The number of anilines is 1. The Balaban J connectivity index is 1.70. The number of nitrogens with one attached hydrogen (secondary N) is 2. The first-order valence-corrected chi connectivity index (χ1v) is 7.69. The summed E-state index contributed by atoms with van der Waals surface area (Å²) in [4.78, 5) is 11.4. The second-order valence-electron chi connectivity index (χ2n) is 5.88. The van der Waals surface area contributed by atoms with Crippen molar-refractivity contribution in [2.24, 2.45) is 0 Å². The Morgan fingerprint density at radius 2 is 2.09 bits per heavy atom. The number of halogens is 1. The normalized spacial score (nSPS) is 15.6. The third-order valence-corrected chi connectivity index (χ3v) is 4.48. The summed E-state index contributed by atoms with van der Waals surface area (Å²) < 4.78 is 13.5. The minimum atomic E-state index is -0.265. The predicted molar refractivity (Wildman–Crippen MR) is 85.8 cm³/mol. The zero-order chi connectivity index (χ0) is 16.3. The van der Waals surface area contributed by atoms with Crippen LogP contribution in [0.5, 0.6) is 0 Å². The smallest absolute Gasteiger partial charge is 0.271 e. The molecule has 5 nitrogen and oxygen atoms in total. The van der Waals surface area contributed by atoms with Gasteiger partial charge in [0.25, 0.3) is 5.91 Å². The first kappa shape index (κ1) is 15.4. The fourth-order valence-electron chi connectivity index (χ4n) is 2.92. The average molecular weight is 314 g/mol. The molecule has 6 heteroatoms. The van der Waals surface area contributed by atoms with Gasteiger partial charge in [0.05, 0.1) is 0 Å².